The van der Waals surface area contributed by atoms with E-state index >= 15 is 0 Å². The summed E-state index contributed by atoms with van der Waals surface area (Å²) in [5.74, 6) is 0. The second kappa shape index (κ2) is 3.62. The first-order chi connectivity index (χ1) is 6.66. The lowest BCUT2D eigenvalue weighted by atomic mass is 10.1. The number of rotatable bonds is 1. The molecule has 1 aromatic heterocycles. The van der Waals surface area contributed by atoms with E-state index < -0.39 is 0 Å². The van der Waals surface area contributed by atoms with E-state index in [4.69, 9.17) is 0 Å². The van der Waals surface area contributed by atoms with Gasteiger partial charge in [-0.15, -0.1) is 0 Å². The van der Waals surface area contributed by atoms with Crippen LogP contribution in [-0.2, 0) is 0 Å². The average molecular weight is 250 g/mol. The third kappa shape index (κ3) is 1.75. The fourth-order valence-electron chi connectivity index (χ4n) is 1.43. The summed E-state index contributed by atoms with van der Waals surface area (Å²) in [7, 11) is 0. The Morgan fingerprint density at radius 3 is 2.50 bits per heavy atom. The maximum atomic E-state index is 3.54. The molecule has 0 atom stereocenters. The van der Waals surface area contributed by atoms with E-state index in [0.717, 1.165) is 4.47 Å². The number of benzene rings is 1. The standard InChI is InChI=1S/C12H12BrN/c1-8-5-12(14-7-8)10-4-3-9(2)11(13)6-10/h3-7,14H,1-2H3. The van der Waals surface area contributed by atoms with Crippen LogP contribution < -0.4 is 0 Å². The van der Waals surface area contributed by atoms with E-state index in [-0.39, 0.29) is 0 Å². The number of H-pyrrole nitrogens is 1. The van der Waals surface area contributed by atoms with Gasteiger partial charge in [-0.25, -0.2) is 0 Å². The molecule has 0 radical (unpaired) electrons. The minimum Gasteiger partial charge on any atom is -0.361 e. The maximum absolute atomic E-state index is 3.54. The molecule has 0 amide bonds. The number of hydrogen-bond donors (Lipinski definition) is 1. The number of aryl methyl sites for hydroxylation is 2. The molecule has 1 aromatic carbocycles. The van der Waals surface area contributed by atoms with Crippen LogP contribution in [0, 0.1) is 13.8 Å². The topological polar surface area (TPSA) is 15.8 Å². The Bertz CT molecular complexity index is 457. The molecule has 0 saturated heterocycles. The molecular weight excluding hydrogens is 238 g/mol. The van der Waals surface area contributed by atoms with Crippen molar-refractivity contribution in [2.75, 3.05) is 0 Å². The van der Waals surface area contributed by atoms with Crippen LogP contribution in [-0.4, -0.2) is 4.98 Å². The minimum atomic E-state index is 1.15. The van der Waals surface area contributed by atoms with Gasteiger partial charge in [-0.3, -0.25) is 0 Å². The van der Waals surface area contributed by atoms with E-state index in [9.17, 15) is 0 Å². The summed E-state index contributed by atoms with van der Waals surface area (Å²) >= 11 is 3.54. The molecule has 14 heavy (non-hydrogen) atoms. The van der Waals surface area contributed by atoms with Gasteiger partial charge in [0.05, 0.1) is 0 Å². The first-order valence-electron chi connectivity index (χ1n) is 4.58. The number of aromatic amines is 1. The van der Waals surface area contributed by atoms with E-state index in [1.54, 1.807) is 0 Å². The molecule has 0 bridgehead atoms. The molecule has 2 aromatic rings. The third-order valence-corrected chi connectivity index (χ3v) is 3.16. The van der Waals surface area contributed by atoms with E-state index in [1.165, 1.54) is 22.4 Å². The predicted molar refractivity (Wildman–Crippen MR) is 63.4 cm³/mol. The molecule has 2 rings (SSSR count). The summed E-state index contributed by atoms with van der Waals surface area (Å²) in [5.41, 5.74) is 4.91. The van der Waals surface area contributed by atoms with Gasteiger partial charge in [-0.05, 0) is 42.7 Å². The van der Waals surface area contributed by atoms with Crippen LogP contribution >= 0.6 is 15.9 Å². The first kappa shape index (κ1) is 9.53. The van der Waals surface area contributed by atoms with Crippen LogP contribution in [0.3, 0.4) is 0 Å². The van der Waals surface area contributed by atoms with Crippen molar-refractivity contribution in [1.82, 2.24) is 4.98 Å². The molecule has 0 aliphatic rings. The van der Waals surface area contributed by atoms with Crippen LogP contribution in [0.2, 0.25) is 0 Å². The van der Waals surface area contributed by atoms with Crippen LogP contribution in [0.4, 0.5) is 0 Å². The molecule has 0 unspecified atom stereocenters. The fraction of sp³-hybridized carbons (Fsp3) is 0.167. The third-order valence-electron chi connectivity index (χ3n) is 2.31. The number of halogens is 1. The van der Waals surface area contributed by atoms with Crippen molar-refractivity contribution in [1.29, 1.82) is 0 Å². The zero-order valence-electron chi connectivity index (χ0n) is 8.26. The molecular formula is C12H12BrN. The monoisotopic (exact) mass is 249 g/mol. The normalized spacial score (nSPS) is 10.5. The summed E-state index contributed by atoms with van der Waals surface area (Å²) in [5, 5.41) is 0. The summed E-state index contributed by atoms with van der Waals surface area (Å²) < 4.78 is 1.15. The summed E-state index contributed by atoms with van der Waals surface area (Å²) in [6.45, 7) is 4.18. The van der Waals surface area contributed by atoms with Crippen LogP contribution in [0.5, 0.6) is 0 Å². The second-order valence-corrected chi connectivity index (χ2v) is 4.41. The summed E-state index contributed by atoms with van der Waals surface area (Å²) in [4.78, 5) is 3.25. The Kier molecular flexibility index (Phi) is 2.46. The smallest absolute Gasteiger partial charge is 0.0457 e. The highest BCUT2D eigenvalue weighted by molar-refractivity contribution is 9.10. The second-order valence-electron chi connectivity index (χ2n) is 3.55. The van der Waals surface area contributed by atoms with Gasteiger partial charge in [0.15, 0.2) is 0 Å². The lowest BCUT2D eigenvalue weighted by Crippen LogP contribution is -1.79. The van der Waals surface area contributed by atoms with Gasteiger partial charge in [0.1, 0.15) is 0 Å². The predicted octanol–water partition coefficient (Wildman–Crippen LogP) is 4.06. The van der Waals surface area contributed by atoms with E-state index in [1.807, 2.05) is 6.20 Å². The van der Waals surface area contributed by atoms with Gasteiger partial charge in [0, 0.05) is 16.4 Å². The van der Waals surface area contributed by atoms with Gasteiger partial charge < -0.3 is 4.98 Å². The van der Waals surface area contributed by atoms with Crippen molar-refractivity contribution in [2.24, 2.45) is 0 Å². The number of hydrogen-bond acceptors (Lipinski definition) is 0. The molecule has 1 nitrogen and oxygen atoms in total. The van der Waals surface area contributed by atoms with Gasteiger partial charge in [-0.2, -0.15) is 0 Å². The Morgan fingerprint density at radius 2 is 1.93 bits per heavy atom. The Hall–Kier alpha value is -1.02. The van der Waals surface area contributed by atoms with Crippen molar-refractivity contribution in [3.05, 3.63) is 46.1 Å². The molecule has 0 aliphatic carbocycles. The van der Waals surface area contributed by atoms with Crippen molar-refractivity contribution < 1.29 is 0 Å². The van der Waals surface area contributed by atoms with Crippen LogP contribution in [0.15, 0.2) is 34.9 Å². The zero-order valence-corrected chi connectivity index (χ0v) is 9.85. The molecule has 2 heteroatoms. The van der Waals surface area contributed by atoms with E-state index in [0.29, 0.717) is 0 Å². The average Bonchev–Trinajstić information content (AvgIpc) is 2.57. The summed E-state index contributed by atoms with van der Waals surface area (Å²) in [6.07, 6.45) is 2.02. The van der Waals surface area contributed by atoms with Gasteiger partial charge >= 0.3 is 0 Å². The van der Waals surface area contributed by atoms with E-state index in [2.05, 4.69) is 59.0 Å². The molecule has 0 saturated carbocycles. The first-order valence-corrected chi connectivity index (χ1v) is 5.37. The molecule has 0 spiro atoms. The molecule has 1 heterocycles. The highest BCUT2D eigenvalue weighted by atomic mass is 79.9. The SMILES string of the molecule is Cc1c[nH]c(-c2ccc(C)c(Br)c2)c1. The number of aromatic nitrogens is 1. The Labute approximate surface area is 92.3 Å². The highest BCUT2D eigenvalue weighted by Crippen LogP contribution is 2.24. The lowest BCUT2D eigenvalue weighted by molar-refractivity contribution is 1.36. The van der Waals surface area contributed by atoms with Gasteiger partial charge in [-0.1, -0.05) is 28.1 Å². The Balaban J connectivity index is 2.47. The zero-order chi connectivity index (χ0) is 10.1. The van der Waals surface area contributed by atoms with Crippen LogP contribution in [0.25, 0.3) is 11.3 Å². The Morgan fingerprint density at radius 1 is 1.14 bits per heavy atom. The van der Waals surface area contributed by atoms with Crippen molar-refractivity contribution in [2.45, 2.75) is 13.8 Å². The molecule has 1 N–H and O–H groups in total. The molecule has 0 fully saturated rings. The highest BCUT2D eigenvalue weighted by Gasteiger charge is 2.01. The number of nitrogens with one attached hydrogen (secondary N) is 1. The van der Waals surface area contributed by atoms with Crippen LogP contribution in [0.1, 0.15) is 11.1 Å². The minimum absolute atomic E-state index is 1.15. The van der Waals surface area contributed by atoms with Crippen molar-refractivity contribution in [3.8, 4) is 11.3 Å². The quantitative estimate of drug-likeness (QED) is 0.785. The largest absolute Gasteiger partial charge is 0.361 e. The molecule has 0 aliphatic heterocycles. The van der Waals surface area contributed by atoms with Crippen molar-refractivity contribution >= 4 is 15.9 Å². The lowest BCUT2D eigenvalue weighted by Gasteiger charge is -2.01. The van der Waals surface area contributed by atoms with Gasteiger partial charge in [0.2, 0.25) is 0 Å². The van der Waals surface area contributed by atoms with Gasteiger partial charge in [0.25, 0.3) is 0 Å². The fourth-order valence-corrected chi connectivity index (χ4v) is 1.81. The molecule has 72 valence electrons. The maximum Gasteiger partial charge on any atom is 0.0457 e. The summed E-state index contributed by atoms with van der Waals surface area (Å²) in [6, 6.07) is 8.54. The van der Waals surface area contributed by atoms with Crippen molar-refractivity contribution in [3.63, 3.8) is 0 Å².